The van der Waals surface area contributed by atoms with Crippen LogP contribution in [0.3, 0.4) is 0 Å². The first kappa shape index (κ1) is 20.1. The molecule has 1 unspecified atom stereocenters. The van der Waals surface area contributed by atoms with E-state index in [0.29, 0.717) is 0 Å². The summed E-state index contributed by atoms with van der Waals surface area (Å²) in [5.41, 5.74) is 3.28. The minimum absolute atomic E-state index is 0.00929. The van der Waals surface area contributed by atoms with E-state index in [2.05, 4.69) is 34.5 Å². The van der Waals surface area contributed by atoms with Crippen molar-refractivity contribution < 1.29 is 9.53 Å². The molecule has 2 aromatic rings. The molecule has 2 amide bonds. The van der Waals surface area contributed by atoms with E-state index in [0.717, 1.165) is 56.0 Å². The number of likely N-dealkylation sites (tertiary alicyclic amines) is 1. The molecule has 2 aromatic carbocycles. The molecular formula is C23H29N3O2S. The average molecular weight is 412 g/mol. The zero-order valence-corrected chi connectivity index (χ0v) is 17.8. The second kappa shape index (κ2) is 9.55. The number of methoxy groups -OCH3 is 1. The van der Waals surface area contributed by atoms with Gasteiger partial charge in [0, 0.05) is 43.4 Å². The monoisotopic (exact) mass is 411 g/mol. The van der Waals surface area contributed by atoms with Gasteiger partial charge in [-0.3, -0.25) is 4.90 Å². The zero-order valence-electron chi connectivity index (χ0n) is 17.0. The second-order valence-corrected chi connectivity index (χ2v) is 8.83. The number of thioether (sulfide) groups is 1. The van der Waals surface area contributed by atoms with Crippen LogP contribution in [0.4, 0.5) is 10.5 Å². The fourth-order valence-electron chi connectivity index (χ4n) is 4.15. The first-order valence-corrected chi connectivity index (χ1v) is 11.5. The number of urea groups is 1. The summed E-state index contributed by atoms with van der Waals surface area (Å²) in [7, 11) is 1.67. The summed E-state index contributed by atoms with van der Waals surface area (Å²) < 4.78 is 5.26. The molecule has 5 nitrogen and oxygen atoms in total. The number of carbonyl (C=O) groups is 1. The maximum Gasteiger partial charge on any atom is 0.322 e. The molecule has 2 aliphatic heterocycles. The van der Waals surface area contributed by atoms with Crippen molar-refractivity contribution in [1.82, 2.24) is 9.80 Å². The SMILES string of the molecule is COc1ccc(C2CCCN2C(=O)Nc2ccccc2CN2CCSCC2)cc1. The van der Waals surface area contributed by atoms with Crippen LogP contribution in [-0.4, -0.2) is 54.1 Å². The van der Waals surface area contributed by atoms with Crippen LogP contribution in [0.2, 0.25) is 0 Å². The lowest BCUT2D eigenvalue weighted by Crippen LogP contribution is -2.35. The Labute approximate surface area is 177 Å². The van der Waals surface area contributed by atoms with E-state index in [-0.39, 0.29) is 12.1 Å². The Bertz CT molecular complexity index is 821. The van der Waals surface area contributed by atoms with Crippen LogP contribution < -0.4 is 10.1 Å². The largest absolute Gasteiger partial charge is 0.497 e. The molecule has 0 radical (unpaired) electrons. The van der Waals surface area contributed by atoms with Gasteiger partial charge in [-0.15, -0.1) is 0 Å². The fraction of sp³-hybridized carbons (Fsp3) is 0.435. The molecule has 154 valence electrons. The Kier molecular flexibility index (Phi) is 6.62. The van der Waals surface area contributed by atoms with Crippen LogP contribution >= 0.6 is 11.8 Å². The highest BCUT2D eigenvalue weighted by Crippen LogP contribution is 2.33. The Morgan fingerprint density at radius 1 is 1.10 bits per heavy atom. The normalized spacial score (nSPS) is 19.9. The molecule has 0 bridgehead atoms. The summed E-state index contributed by atoms with van der Waals surface area (Å²) >= 11 is 2.02. The number of anilines is 1. The number of carbonyl (C=O) groups excluding carboxylic acids is 1. The van der Waals surface area contributed by atoms with Gasteiger partial charge in [-0.2, -0.15) is 11.8 Å². The molecule has 0 aromatic heterocycles. The van der Waals surface area contributed by atoms with E-state index in [1.807, 2.05) is 40.9 Å². The average Bonchev–Trinajstić information content (AvgIpc) is 3.26. The fourth-order valence-corrected chi connectivity index (χ4v) is 5.13. The van der Waals surface area contributed by atoms with Gasteiger partial charge in [0.25, 0.3) is 0 Å². The predicted molar refractivity (Wildman–Crippen MR) is 120 cm³/mol. The molecule has 0 aliphatic carbocycles. The van der Waals surface area contributed by atoms with E-state index in [9.17, 15) is 4.79 Å². The number of hydrogen-bond acceptors (Lipinski definition) is 4. The topological polar surface area (TPSA) is 44.8 Å². The lowest BCUT2D eigenvalue weighted by Gasteiger charge is -2.28. The maximum absolute atomic E-state index is 13.1. The van der Waals surface area contributed by atoms with Crippen LogP contribution in [0.15, 0.2) is 48.5 Å². The predicted octanol–water partition coefficient (Wildman–Crippen LogP) is 4.61. The van der Waals surface area contributed by atoms with Gasteiger partial charge >= 0.3 is 6.03 Å². The quantitative estimate of drug-likeness (QED) is 0.780. The minimum Gasteiger partial charge on any atom is -0.497 e. The molecule has 2 fully saturated rings. The summed E-state index contributed by atoms with van der Waals surface area (Å²) in [5.74, 6) is 3.21. The Balaban J connectivity index is 1.45. The van der Waals surface area contributed by atoms with Crippen LogP contribution in [0.5, 0.6) is 5.75 Å². The van der Waals surface area contributed by atoms with Crippen molar-refractivity contribution >= 4 is 23.5 Å². The Hall–Kier alpha value is -2.18. The van der Waals surface area contributed by atoms with Gasteiger partial charge in [0.15, 0.2) is 0 Å². The number of nitrogens with zero attached hydrogens (tertiary/aromatic N) is 2. The molecule has 29 heavy (non-hydrogen) atoms. The molecule has 0 saturated carbocycles. The molecule has 0 spiro atoms. The van der Waals surface area contributed by atoms with Crippen molar-refractivity contribution in [3.05, 3.63) is 59.7 Å². The van der Waals surface area contributed by atoms with E-state index < -0.39 is 0 Å². The maximum atomic E-state index is 13.1. The molecule has 4 rings (SSSR count). The highest BCUT2D eigenvalue weighted by Gasteiger charge is 2.30. The van der Waals surface area contributed by atoms with E-state index in [1.54, 1.807) is 7.11 Å². The summed E-state index contributed by atoms with van der Waals surface area (Å²) in [6.07, 6.45) is 2.02. The third-order valence-corrected chi connectivity index (χ3v) is 6.71. The Morgan fingerprint density at radius 2 is 1.86 bits per heavy atom. The number of amides is 2. The third kappa shape index (κ3) is 4.87. The second-order valence-electron chi connectivity index (χ2n) is 7.60. The number of nitrogens with one attached hydrogen (secondary N) is 1. The van der Waals surface area contributed by atoms with E-state index in [4.69, 9.17) is 4.74 Å². The van der Waals surface area contributed by atoms with Gasteiger partial charge in [0.05, 0.1) is 13.2 Å². The summed E-state index contributed by atoms with van der Waals surface area (Å²) in [6.45, 7) is 3.89. The van der Waals surface area contributed by atoms with E-state index in [1.165, 1.54) is 17.1 Å². The highest BCUT2D eigenvalue weighted by molar-refractivity contribution is 7.99. The molecular weight excluding hydrogens is 382 g/mol. The zero-order chi connectivity index (χ0) is 20.1. The number of rotatable bonds is 5. The summed E-state index contributed by atoms with van der Waals surface area (Å²) in [5, 5.41) is 3.19. The highest BCUT2D eigenvalue weighted by atomic mass is 32.2. The molecule has 2 aliphatic rings. The van der Waals surface area contributed by atoms with Gasteiger partial charge in [-0.05, 0) is 42.2 Å². The minimum atomic E-state index is -0.00929. The van der Waals surface area contributed by atoms with Gasteiger partial charge < -0.3 is 15.0 Å². The van der Waals surface area contributed by atoms with Crippen LogP contribution in [0, 0.1) is 0 Å². The van der Waals surface area contributed by atoms with Crippen LogP contribution in [0.1, 0.15) is 30.0 Å². The number of para-hydroxylation sites is 1. The van der Waals surface area contributed by atoms with Gasteiger partial charge in [0.1, 0.15) is 5.75 Å². The van der Waals surface area contributed by atoms with Crippen LogP contribution in [-0.2, 0) is 6.54 Å². The molecule has 2 heterocycles. The van der Waals surface area contributed by atoms with Crippen molar-refractivity contribution in [3.63, 3.8) is 0 Å². The number of benzene rings is 2. The first-order chi connectivity index (χ1) is 14.2. The smallest absolute Gasteiger partial charge is 0.322 e. The third-order valence-electron chi connectivity index (χ3n) is 5.77. The van der Waals surface area contributed by atoms with Crippen molar-refractivity contribution in [2.24, 2.45) is 0 Å². The van der Waals surface area contributed by atoms with Crippen molar-refractivity contribution in [1.29, 1.82) is 0 Å². The molecule has 1 atom stereocenters. The van der Waals surface area contributed by atoms with Crippen LogP contribution in [0.25, 0.3) is 0 Å². The van der Waals surface area contributed by atoms with E-state index >= 15 is 0 Å². The van der Waals surface area contributed by atoms with Gasteiger partial charge in [0.2, 0.25) is 0 Å². The molecule has 6 heteroatoms. The Morgan fingerprint density at radius 3 is 2.62 bits per heavy atom. The summed E-state index contributed by atoms with van der Waals surface area (Å²) in [4.78, 5) is 17.6. The van der Waals surface area contributed by atoms with Gasteiger partial charge in [-0.1, -0.05) is 30.3 Å². The summed E-state index contributed by atoms with van der Waals surface area (Å²) in [6, 6.07) is 16.4. The standard InChI is InChI=1S/C23H29N3O2S/c1-28-20-10-8-18(9-11-20)22-7-4-12-26(22)23(27)24-21-6-3-2-5-19(21)17-25-13-15-29-16-14-25/h2-3,5-6,8-11,22H,4,7,12-17H2,1H3,(H,24,27). The van der Waals surface area contributed by atoms with Crippen molar-refractivity contribution in [2.45, 2.75) is 25.4 Å². The van der Waals surface area contributed by atoms with Crippen molar-refractivity contribution in [2.75, 3.05) is 43.6 Å². The van der Waals surface area contributed by atoms with Gasteiger partial charge in [-0.25, -0.2) is 4.79 Å². The van der Waals surface area contributed by atoms with Crippen molar-refractivity contribution in [3.8, 4) is 5.75 Å². The number of ether oxygens (including phenoxy) is 1. The lowest BCUT2D eigenvalue weighted by molar-refractivity contribution is 0.207. The number of hydrogen-bond donors (Lipinski definition) is 1. The lowest BCUT2D eigenvalue weighted by atomic mass is 10.0. The molecule has 1 N–H and O–H groups in total. The molecule has 2 saturated heterocycles. The first-order valence-electron chi connectivity index (χ1n) is 10.3.